The van der Waals surface area contributed by atoms with E-state index < -0.39 is 57.2 Å². The maximum atomic E-state index is 15.3. The zero-order valence-corrected chi connectivity index (χ0v) is 57.3. The summed E-state index contributed by atoms with van der Waals surface area (Å²) in [7, 11) is 1.90. The highest BCUT2D eigenvalue weighted by molar-refractivity contribution is 5.96. The minimum absolute atomic E-state index is 0.0404. The first kappa shape index (κ1) is 70.1. The van der Waals surface area contributed by atoms with E-state index in [1.165, 1.54) is 30.7 Å². The number of aromatic nitrogens is 9. The summed E-state index contributed by atoms with van der Waals surface area (Å²) < 4.78 is 55.7. The summed E-state index contributed by atoms with van der Waals surface area (Å²) in [5.74, 6) is -3.78. The van der Waals surface area contributed by atoms with Gasteiger partial charge in [0.05, 0.1) is 50.7 Å². The summed E-state index contributed by atoms with van der Waals surface area (Å²) in [5, 5.41) is 54.7. The molecular weight excluding hydrogens is 1350 g/mol. The molecule has 4 aliphatic rings. The lowest BCUT2D eigenvalue weighted by Crippen LogP contribution is -2.35. The van der Waals surface area contributed by atoms with E-state index in [0.717, 1.165) is 118 Å². The summed E-state index contributed by atoms with van der Waals surface area (Å²) in [4.78, 5) is 78.0. The van der Waals surface area contributed by atoms with Crippen LogP contribution < -0.4 is 47.4 Å². The molecule has 12 aromatic rings. The molecule has 0 spiro atoms. The third kappa shape index (κ3) is 15.1. The van der Waals surface area contributed by atoms with Gasteiger partial charge in [0.1, 0.15) is 34.1 Å². The summed E-state index contributed by atoms with van der Waals surface area (Å²) in [6.45, 7) is 9.14. The molecule has 0 aliphatic carbocycles. The van der Waals surface area contributed by atoms with E-state index in [1.807, 2.05) is 122 Å². The molecule has 6 aromatic carbocycles. The predicted molar refractivity (Wildman–Crippen MR) is 394 cm³/mol. The minimum Gasteiger partial charge on any atom is -0.477 e. The first-order valence-corrected chi connectivity index (χ1v) is 34.8. The van der Waals surface area contributed by atoms with Crippen molar-refractivity contribution in [2.24, 2.45) is 23.7 Å². The molecule has 4 fully saturated rings. The molecule has 0 amide bonds. The van der Waals surface area contributed by atoms with E-state index >= 15 is 8.78 Å². The van der Waals surface area contributed by atoms with Gasteiger partial charge in [-0.25, -0.2) is 41.6 Å². The number of nitrogens with zero attached hydrogens (tertiary/aromatic N) is 11. The van der Waals surface area contributed by atoms with Gasteiger partial charge in [-0.1, -0.05) is 36.4 Å². The number of pyridine rings is 3. The third-order valence-corrected chi connectivity index (χ3v) is 20.2. The molecule has 4 aliphatic heterocycles. The molecule has 0 radical (unpaired) electrons. The van der Waals surface area contributed by atoms with Crippen molar-refractivity contribution < 1.29 is 42.9 Å². The van der Waals surface area contributed by atoms with Crippen molar-refractivity contribution in [3.63, 3.8) is 0 Å². The fraction of sp³-hybridized carbons (Fsp3) is 0.269. The van der Waals surface area contributed by atoms with Gasteiger partial charge in [-0.15, -0.1) is 0 Å². The number of carboxylic acid groups (broad SMARTS) is 3. The number of halogens is 3. The molecule has 10 heterocycles. The smallest absolute Gasteiger partial charge is 0.341 e. The normalized spacial score (nSPS) is 17.0. The second-order valence-corrected chi connectivity index (χ2v) is 27.1. The average Bonchev–Trinajstić information content (AvgIpc) is 1.73. The Bertz CT molecular complexity index is 5360. The van der Waals surface area contributed by atoms with Crippen LogP contribution in [0.5, 0.6) is 0 Å². The number of benzene rings is 6. The molecule has 0 bridgehead atoms. The Kier molecular flexibility index (Phi) is 20.4. The monoisotopic (exact) mass is 1420 g/mol. The molecule has 6 aromatic heterocycles. The Labute approximate surface area is 598 Å². The molecular formula is C78H76F3N15O9. The Morgan fingerprint density at radius 1 is 0.486 bits per heavy atom. The van der Waals surface area contributed by atoms with Crippen molar-refractivity contribution in [1.82, 2.24) is 59.0 Å². The molecule has 0 unspecified atom stereocenters. The Morgan fingerprint density at radius 2 is 0.905 bits per heavy atom. The van der Waals surface area contributed by atoms with Gasteiger partial charge in [0, 0.05) is 124 Å². The highest BCUT2D eigenvalue weighted by atomic mass is 19.1. The Balaban J connectivity index is 0.000000133. The summed E-state index contributed by atoms with van der Waals surface area (Å²) >= 11 is 0. The van der Waals surface area contributed by atoms with Crippen LogP contribution in [-0.2, 0) is 19.6 Å². The maximum absolute atomic E-state index is 15.3. The highest BCUT2D eigenvalue weighted by Crippen LogP contribution is 2.36. The number of carbonyl (C=O) groups is 3. The van der Waals surface area contributed by atoms with Gasteiger partial charge in [0.2, 0.25) is 16.3 Å². The van der Waals surface area contributed by atoms with Crippen molar-refractivity contribution in [3.8, 4) is 17.1 Å². The first-order valence-electron chi connectivity index (χ1n) is 34.8. The Morgan fingerprint density at radius 3 is 1.31 bits per heavy atom. The molecule has 16 rings (SSSR count). The third-order valence-electron chi connectivity index (χ3n) is 20.2. The quantitative estimate of drug-likeness (QED) is 0.0397. The predicted octanol–water partition coefficient (Wildman–Crippen LogP) is 9.33. The van der Waals surface area contributed by atoms with E-state index in [4.69, 9.17) is 0 Å². The lowest BCUT2D eigenvalue weighted by Gasteiger charge is -2.23. The van der Waals surface area contributed by atoms with Crippen LogP contribution in [0.25, 0.3) is 49.8 Å². The van der Waals surface area contributed by atoms with Crippen molar-refractivity contribution >= 4 is 67.7 Å². The van der Waals surface area contributed by atoms with E-state index in [1.54, 1.807) is 64.5 Å². The number of aromatic carboxylic acids is 3. The van der Waals surface area contributed by atoms with E-state index in [9.17, 15) is 48.5 Å². The molecule has 27 heteroatoms. The van der Waals surface area contributed by atoms with Gasteiger partial charge in [-0.05, 0) is 190 Å². The average molecular weight is 1420 g/mol. The van der Waals surface area contributed by atoms with Gasteiger partial charge in [-0.2, -0.15) is 15.3 Å². The number of piperidine rings is 1. The zero-order chi connectivity index (χ0) is 73.0. The number of anilines is 3. The van der Waals surface area contributed by atoms with Gasteiger partial charge in [-0.3, -0.25) is 14.4 Å². The van der Waals surface area contributed by atoms with Gasteiger partial charge in [0.15, 0.2) is 0 Å². The van der Waals surface area contributed by atoms with Gasteiger partial charge in [0.25, 0.3) is 0 Å². The Hall–Kier alpha value is -11.9. The lowest BCUT2D eigenvalue weighted by atomic mass is 9.90. The molecule has 24 nitrogen and oxygen atoms in total. The van der Waals surface area contributed by atoms with Crippen molar-refractivity contribution in [2.75, 3.05) is 87.6 Å². The van der Waals surface area contributed by atoms with Crippen LogP contribution in [0.2, 0.25) is 0 Å². The number of hydrogen-bond acceptors (Lipinski definition) is 15. The first-order chi connectivity index (χ1) is 50.9. The summed E-state index contributed by atoms with van der Waals surface area (Å²) in [6, 6.07) is 37.1. The van der Waals surface area contributed by atoms with Crippen molar-refractivity contribution in [3.05, 3.63) is 265 Å². The minimum atomic E-state index is -1.34. The number of nitrogens with one attached hydrogen (secondary N) is 4. The number of carboxylic acids is 3. The van der Waals surface area contributed by atoms with Gasteiger partial charge >= 0.3 is 17.9 Å². The van der Waals surface area contributed by atoms with Crippen LogP contribution in [-0.4, -0.2) is 149 Å². The topological polar surface area (TPSA) is 286 Å². The summed E-state index contributed by atoms with van der Waals surface area (Å²) in [6.07, 6.45) is 17.7. The SMILES string of the molecule is CNC[C@@H]1CCN(c2cc3c(cc2F)c(=O)c(C(=O)O)cn3Cc2ccc(-n3cccn3)cc2)C1.O=C(O)c1cn(Cc2ccc(-n3cccn3)cc2)c2cc(N3C[C@H]4CNCC[C@H]4C3)c(F)cc2c1=O.O=C(O)c1cn(Cc2ccc(-n3cccn3)cc2)c2cc(NC[C@@H]3CCNC3)c(F)cc2c1=O. The lowest BCUT2D eigenvalue weighted by molar-refractivity contribution is 0.0684. The van der Waals surface area contributed by atoms with Crippen molar-refractivity contribution in [2.45, 2.75) is 38.9 Å². The molecule has 4 atom stereocenters. The van der Waals surface area contributed by atoms with Crippen molar-refractivity contribution in [1.29, 1.82) is 0 Å². The van der Waals surface area contributed by atoms with Crippen LogP contribution in [0.1, 0.15) is 67.0 Å². The summed E-state index contributed by atoms with van der Waals surface area (Å²) in [5.41, 5.74) is 4.88. The van der Waals surface area contributed by atoms with E-state index in [-0.39, 0.29) is 27.3 Å². The van der Waals surface area contributed by atoms with E-state index in [0.29, 0.717) is 83.5 Å². The number of fused-ring (bicyclic) bond motifs is 4. The second-order valence-electron chi connectivity index (χ2n) is 27.1. The standard InChI is InChI=1S/C27H26FN5O3.C26H26FN5O3.C25H24FN5O3/c28-23-10-21-24(11-25(23)32-14-18-6-8-29-12-19(18)15-32)31(16-22(26(21)34)27(35)36)13-17-2-4-20(5-3-17)33-9-1-7-30-33;1-28-13-18-7-10-30(15-18)24-12-23-20(11-22(24)27)25(33)21(26(34)35)16-31(23)14-17-3-5-19(6-4-17)32-9-2-8-29-32;26-21-10-19-23(11-22(21)28-13-17-6-8-27-12-17)30(15-20(24(19)32)25(33)34)14-16-2-4-18(5-3-16)31-9-1-7-29-31/h1-5,7,9-11,16,18-19,29H,6,8,12-15H2,(H,35,36);2-6,8-9,11-12,16,18,28H,7,10,13-15H2,1H3,(H,34,35);1-5,7,9-11,15,17,27-28H,6,8,12-14H2,(H,33,34)/t18-,19+;18-;17-/m001/s1. The maximum Gasteiger partial charge on any atom is 0.341 e. The number of rotatable bonds is 19. The van der Waals surface area contributed by atoms with Crippen LogP contribution in [0.3, 0.4) is 0 Å². The highest BCUT2D eigenvalue weighted by Gasteiger charge is 2.36. The fourth-order valence-electron chi connectivity index (χ4n) is 14.7. The van der Waals surface area contributed by atoms with Crippen LogP contribution in [0.4, 0.5) is 30.2 Å². The zero-order valence-electron chi connectivity index (χ0n) is 57.3. The molecule has 105 heavy (non-hydrogen) atoms. The molecule has 0 saturated carbocycles. The van der Waals surface area contributed by atoms with Crippen LogP contribution in [0, 0.1) is 41.1 Å². The van der Waals surface area contributed by atoms with Gasteiger partial charge < -0.3 is 60.1 Å². The van der Waals surface area contributed by atoms with Crippen LogP contribution >= 0.6 is 0 Å². The van der Waals surface area contributed by atoms with Crippen LogP contribution in [0.15, 0.2) is 198 Å². The van der Waals surface area contributed by atoms with E-state index in [2.05, 4.69) is 41.5 Å². The molecule has 7 N–H and O–H groups in total. The fourth-order valence-corrected chi connectivity index (χ4v) is 14.7. The number of hydrogen-bond donors (Lipinski definition) is 7. The largest absolute Gasteiger partial charge is 0.477 e. The molecule has 4 saturated heterocycles. The second kappa shape index (κ2) is 30.6. The molecule has 538 valence electrons.